The Labute approximate surface area is 161 Å². The molecule has 3 aromatic rings. The fraction of sp³-hybridized carbons (Fsp3) is 0.250. The first-order chi connectivity index (χ1) is 13.7. The van der Waals surface area contributed by atoms with Gasteiger partial charge in [0, 0.05) is 38.4 Å². The molecular weight excluding hydrogens is 362 g/mol. The van der Waals surface area contributed by atoms with Crippen molar-refractivity contribution in [2.24, 2.45) is 0 Å². The van der Waals surface area contributed by atoms with Gasteiger partial charge in [0.15, 0.2) is 5.82 Å². The van der Waals surface area contributed by atoms with Gasteiger partial charge in [-0.2, -0.15) is 10.1 Å². The van der Waals surface area contributed by atoms with Crippen LogP contribution in [0.2, 0.25) is 0 Å². The van der Waals surface area contributed by atoms with Crippen molar-refractivity contribution in [1.82, 2.24) is 15.2 Å². The summed E-state index contributed by atoms with van der Waals surface area (Å²) in [4.78, 5) is 8.91. The second-order valence-corrected chi connectivity index (χ2v) is 6.57. The lowest BCUT2D eigenvalue weighted by Gasteiger charge is -2.36. The third-order valence-electron chi connectivity index (χ3n) is 4.71. The van der Waals surface area contributed by atoms with Gasteiger partial charge in [-0.05, 0) is 42.0 Å². The minimum Gasteiger partial charge on any atom is -0.368 e. The molecule has 4 rings (SSSR count). The van der Waals surface area contributed by atoms with Crippen LogP contribution in [0.3, 0.4) is 0 Å². The number of aromatic nitrogens is 3. The SMILES string of the molecule is Fc1ccc(CNc2nncc(N3CCN(c4ccc(F)cc4)CC3)n2)cc1. The summed E-state index contributed by atoms with van der Waals surface area (Å²) in [6.07, 6.45) is 1.65. The predicted molar refractivity (Wildman–Crippen MR) is 104 cm³/mol. The maximum atomic E-state index is 13.1. The third-order valence-corrected chi connectivity index (χ3v) is 4.71. The number of halogens is 2. The van der Waals surface area contributed by atoms with Gasteiger partial charge in [0.25, 0.3) is 0 Å². The summed E-state index contributed by atoms with van der Waals surface area (Å²) < 4.78 is 26.1. The van der Waals surface area contributed by atoms with E-state index in [1.54, 1.807) is 30.5 Å². The van der Waals surface area contributed by atoms with Crippen LogP contribution in [0.25, 0.3) is 0 Å². The van der Waals surface area contributed by atoms with E-state index in [1.165, 1.54) is 24.3 Å². The molecule has 0 spiro atoms. The van der Waals surface area contributed by atoms with Gasteiger partial charge >= 0.3 is 0 Å². The first-order valence-electron chi connectivity index (χ1n) is 9.11. The zero-order chi connectivity index (χ0) is 19.3. The van der Waals surface area contributed by atoms with Crippen molar-refractivity contribution in [2.75, 3.05) is 41.3 Å². The molecular formula is C20H20F2N6. The molecule has 0 aliphatic carbocycles. The molecule has 0 amide bonds. The number of nitrogens with zero attached hydrogens (tertiary/aromatic N) is 5. The number of benzene rings is 2. The van der Waals surface area contributed by atoms with Gasteiger partial charge in [-0.15, -0.1) is 5.10 Å². The Morgan fingerprint density at radius 2 is 1.43 bits per heavy atom. The quantitative estimate of drug-likeness (QED) is 0.732. The summed E-state index contributed by atoms with van der Waals surface area (Å²) >= 11 is 0. The summed E-state index contributed by atoms with van der Waals surface area (Å²) in [7, 11) is 0. The van der Waals surface area contributed by atoms with Crippen LogP contribution in [0, 0.1) is 11.6 Å². The van der Waals surface area contributed by atoms with Crippen molar-refractivity contribution in [3.05, 3.63) is 71.9 Å². The normalized spacial score (nSPS) is 14.2. The second kappa shape index (κ2) is 8.16. The van der Waals surface area contributed by atoms with E-state index in [1.807, 2.05) is 0 Å². The molecule has 0 atom stereocenters. The molecule has 8 heteroatoms. The van der Waals surface area contributed by atoms with E-state index in [4.69, 9.17) is 0 Å². The lowest BCUT2D eigenvalue weighted by molar-refractivity contribution is 0.624. The number of piperazine rings is 1. The Bertz CT molecular complexity index is 909. The standard InChI is InChI=1S/C20H20F2N6/c21-16-3-1-15(2-4-16)13-23-20-25-19(14-24-26-20)28-11-9-27(10-12-28)18-7-5-17(22)6-8-18/h1-8,14H,9-13H2,(H,23,25,26). The number of rotatable bonds is 5. The minimum absolute atomic E-state index is 0.227. The van der Waals surface area contributed by atoms with Gasteiger partial charge in [-0.1, -0.05) is 12.1 Å². The van der Waals surface area contributed by atoms with E-state index < -0.39 is 0 Å². The predicted octanol–water partition coefficient (Wildman–Crippen LogP) is 3.09. The largest absolute Gasteiger partial charge is 0.368 e. The number of hydrogen-bond donors (Lipinski definition) is 1. The molecule has 1 aliphatic heterocycles. The van der Waals surface area contributed by atoms with Crippen LogP contribution in [0.4, 0.5) is 26.2 Å². The lowest BCUT2D eigenvalue weighted by atomic mass is 10.2. The van der Waals surface area contributed by atoms with Gasteiger partial charge in [0.2, 0.25) is 5.95 Å². The van der Waals surface area contributed by atoms with Crippen LogP contribution in [-0.2, 0) is 6.54 Å². The average molecular weight is 382 g/mol. The monoisotopic (exact) mass is 382 g/mol. The molecule has 0 saturated carbocycles. The van der Waals surface area contributed by atoms with Crippen molar-refractivity contribution < 1.29 is 8.78 Å². The van der Waals surface area contributed by atoms with E-state index in [9.17, 15) is 8.78 Å². The molecule has 1 N–H and O–H groups in total. The molecule has 1 aromatic heterocycles. The van der Waals surface area contributed by atoms with Crippen LogP contribution in [0.1, 0.15) is 5.56 Å². The fourth-order valence-electron chi connectivity index (χ4n) is 3.15. The topological polar surface area (TPSA) is 57.2 Å². The van der Waals surface area contributed by atoms with E-state index in [0.717, 1.165) is 43.2 Å². The molecule has 0 radical (unpaired) electrons. The summed E-state index contributed by atoms with van der Waals surface area (Å²) in [5, 5.41) is 11.2. The van der Waals surface area contributed by atoms with E-state index in [0.29, 0.717) is 12.5 Å². The highest BCUT2D eigenvalue weighted by atomic mass is 19.1. The van der Waals surface area contributed by atoms with Crippen LogP contribution in [-0.4, -0.2) is 41.4 Å². The Hall–Kier alpha value is -3.29. The molecule has 2 heterocycles. The molecule has 28 heavy (non-hydrogen) atoms. The minimum atomic E-state index is -0.261. The van der Waals surface area contributed by atoms with Crippen molar-refractivity contribution in [3.63, 3.8) is 0 Å². The summed E-state index contributed by atoms with van der Waals surface area (Å²) in [5.41, 5.74) is 1.95. The Morgan fingerprint density at radius 3 is 2.11 bits per heavy atom. The number of nitrogens with one attached hydrogen (secondary N) is 1. The summed E-state index contributed by atoms with van der Waals surface area (Å²) in [6, 6.07) is 12.8. The van der Waals surface area contributed by atoms with Crippen LogP contribution < -0.4 is 15.1 Å². The molecule has 144 valence electrons. The summed E-state index contributed by atoms with van der Waals surface area (Å²) in [6.45, 7) is 3.69. The van der Waals surface area contributed by atoms with Gasteiger partial charge in [-0.25, -0.2) is 8.78 Å². The van der Waals surface area contributed by atoms with Crippen molar-refractivity contribution in [3.8, 4) is 0 Å². The fourth-order valence-corrected chi connectivity index (χ4v) is 3.15. The zero-order valence-electron chi connectivity index (χ0n) is 15.2. The van der Waals surface area contributed by atoms with Gasteiger partial charge in [0.1, 0.15) is 11.6 Å². The van der Waals surface area contributed by atoms with Crippen molar-refractivity contribution in [2.45, 2.75) is 6.54 Å². The van der Waals surface area contributed by atoms with Gasteiger partial charge in [0.05, 0.1) is 6.20 Å². The summed E-state index contributed by atoms with van der Waals surface area (Å²) in [5.74, 6) is 0.705. The lowest BCUT2D eigenvalue weighted by Crippen LogP contribution is -2.47. The second-order valence-electron chi connectivity index (χ2n) is 6.57. The van der Waals surface area contributed by atoms with Gasteiger partial charge in [-0.3, -0.25) is 0 Å². The van der Waals surface area contributed by atoms with Crippen LogP contribution >= 0.6 is 0 Å². The Morgan fingerprint density at radius 1 is 0.821 bits per heavy atom. The molecule has 6 nitrogen and oxygen atoms in total. The molecule has 2 aromatic carbocycles. The Kier molecular flexibility index (Phi) is 5.27. The van der Waals surface area contributed by atoms with Crippen molar-refractivity contribution in [1.29, 1.82) is 0 Å². The highest BCUT2D eigenvalue weighted by Crippen LogP contribution is 2.19. The van der Waals surface area contributed by atoms with E-state index in [-0.39, 0.29) is 11.6 Å². The molecule has 0 unspecified atom stereocenters. The number of hydrogen-bond acceptors (Lipinski definition) is 6. The van der Waals surface area contributed by atoms with E-state index >= 15 is 0 Å². The Balaban J connectivity index is 1.35. The highest BCUT2D eigenvalue weighted by Gasteiger charge is 2.19. The van der Waals surface area contributed by atoms with Gasteiger partial charge < -0.3 is 15.1 Å². The molecule has 1 fully saturated rings. The maximum absolute atomic E-state index is 13.1. The first kappa shape index (κ1) is 18.1. The first-order valence-corrected chi connectivity index (χ1v) is 9.11. The molecule has 1 saturated heterocycles. The van der Waals surface area contributed by atoms with Crippen LogP contribution in [0.15, 0.2) is 54.7 Å². The number of anilines is 3. The zero-order valence-corrected chi connectivity index (χ0v) is 15.2. The van der Waals surface area contributed by atoms with Crippen molar-refractivity contribution >= 4 is 17.5 Å². The smallest absolute Gasteiger partial charge is 0.244 e. The van der Waals surface area contributed by atoms with E-state index in [2.05, 4.69) is 30.3 Å². The highest BCUT2D eigenvalue weighted by molar-refractivity contribution is 5.49. The maximum Gasteiger partial charge on any atom is 0.244 e. The molecule has 0 bridgehead atoms. The average Bonchev–Trinajstić information content (AvgIpc) is 2.74. The molecule has 1 aliphatic rings. The van der Waals surface area contributed by atoms with Crippen LogP contribution in [0.5, 0.6) is 0 Å². The third kappa shape index (κ3) is 4.33.